The zero-order valence-corrected chi connectivity index (χ0v) is 16.6. The van der Waals surface area contributed by atoms with Gasteiger partial charge in [0.2, 0.25) is 0 Å². The van der Waals surface area contributed by atoms with Gasteiger partial charge < -0.3 is 14.6 Å². The second kappa shape index (κ2) is 8.41. The number of methoxy groups -OCH3 is 1. The number of halogens is 1. The van der Waals surface area contributed by atoms with E-state index in [1.54, 1.807) is 19.1 Å². The summed E-state index contributed by atoms with van der Waals surface area (Å²) in [4.78, 5) is 11.2. The average molecular weight is 444 g/mol. The highest BCUT2D eigenvalue weighted by atomic mass is 79.9. The number of carboxylic acid groups (broad SMARTS) is 1. The molecule has 0 aliphatic rings. The maximum absolute atomic E-state index is 13.0. The van der Waals surface area contributed by atoms with Crippen molar-refractivity contribution in [2.24, 2.45) is 0 Å². The molecule has 0 saturated carbocycles. The third-order valence-corrected chi connectivity index (χ3v) is 5.80. The van der Waals surface area contributed by atoms with Crippen LogP contribution in [0.5, 0.6) is 11.5 Å². The molecule has 0 spiro atoms. The van der Waals surface area contributed by atoms with Crippen molar-refractivity contribution in [2.75, 3.05) is 24.6 Å². The minimum atomic E-state index is -4.12. The second-order valence-corrected chi connectivity index (χ2v) is 7.85. The molecular formula is C17H18BrNO6S. The first-order valence-corrected chi connectivity index (χ1v) is 9.83. The Hall–Kier alpha value is -2.26. The highest BCUT2D eigenvalue weighted by Crippen LogP contribution is 2.31. The Kier molecular flexibility index (Phi) is 6.49. The molecule has 7 nitrogen and oxygen atoms in total. The first-order valence-electron chi connectivity index (χ1n) is 7.60. The number of carboxylic acids is 1. The predicted octanol–water partition coefficient (Wildman–Crippen LogP) is 3.14. The predicted molar refractivity (Wildman–Crippen MR) is 100 cm³/mol. The fourth-order valence-electron chi connectivity index (χ4n) is 2.27. The van der Waals surface area contributed by atoms with Gasteiger partial charge in [0.25, 0.3) is 10.0 Å². The highest BCUT2D eigenvalue weighted by molar-refractivity contribution is 9.10. The number of hydrogen-bond donors (Lipinski definition) is 1. The average Bonchev–Trinajstić information content (AvgIpc) is 2.60. The van der Waals surface area contributed by atoms with E-state index in [2.05, 4.69) is 15.9 Å². The maximum atomic E-state index is 13.0. The van der Waals surface area contributed by atoms with Crippen LogP contribution in [0.25, 0.3) is 0 Å². The van der Waals surface area contributed by atoms with Crippen molar-refractivity contribution in [3.8, 4) is 11.5 Å². The molecule has 1 N–H and O–H groups in total. The number of carbonyl (C=O) groups is 1. The van der Waals surface area contributed by atoms with Crippen LogP contribution in [0.1, 0.15) is 6.92 Å². The van der Waals surface area contributed by atoms with Crippen LogP contribution in [-0.2, 0) is 14.8 Å². The van der Waals surface area contributed by atoms with Gasteiger partial charge >= 0.3 is 5.97 Å². The van der Waals surface area contributed by atoms with Gasteiger partial charge in [-0.3, -0.25) is 9.10 Å². The Bertz CT molecular complexity index is 900. The summed E-state index contributed by atoms with van der Waals surface area (Å²) < 4.78 is 37.8. The van der Waals surface area contributed by atoms with Gasteiger partial charge in [0.05, 0.1) is 28.8 Å². The molecular weight excluding hydrogens is 426 g/mol. The van der Waals surface area contributed by atoms with Crippen LogP contribution in [0.15, 0.2) is 51.8 Å². The molecule has 0 aromatic heterocycles. The molecule has 0 aliphatic heterocycles. The molecule has 0 fully saturated rings. The number of nitrogens with zero attached hydrogens (tertiary/aromatic N) is 1. The molecule has 140 valence electrons. The van der Waals surface area contributed by atoms with Crippen LogP contribution >= 0.6 is 15.9 Å². The van der Waals surface area contributed by atoms with Crippen molar-refractivity contribution in [2.45, 2.75) is 11.8 Å². The van der Waals surface area contributed by atoms with E-state index < -0.39 is 22.5 Å². The van der Waals surface area contributed by atoms with E-state index in [0.717, 1.165) is 4.31 Å². The highest BCUT2D eigenvalue weighted by Gasteiger charge is 2.28. The van der Waals surface area contributed by atoms with Crippen molar-refractivity contribution in [1.82, 2.24) is 0 Å². The fourth-order valence-corrected chi connectivity index (χ4v) is 4.39. The molecule has 0 bridgehead atoms. The first-order chi connectivity index (χ1) is 12.3. The van der Waals surface area contributed by atoms with Crippen LogP contribution in [0, 0.1) is 0 Å². The Morgan fingerprint density at radius 3 is 2.54 bits per heavy atom. The number of anilines is 1. The lowest BCUT2D eigenvalue weighted by molar-refractivity contribution is -0.135. The summed E-state index contributed by atoms with van der Waals surface area (Å²) in [6.45, 7) is 1.48. The molecule has 2 aromatic carbocycles. The Balaban J connectivity index is 2.53. The Labute approximate surface area is 160 Å². The zero-order chi connectivity index (χ0) is 19.3. The van der Waals surface area contributed by atoms with Gasteiger partial charge in [-0.1, -0.05) is 6.07 Å². The minimum absolute atomic E-state index is 0.0618. The second-order valence-electron chi connectivity index (χ2n) is 5.13. The lowest BCUT2D eigenvalue weighted by Crippen LogP contribution is -2.35. The molecule has 26 heavy (non-hydrogen) atoms. The van der Waals surface area contributed by atoms with Crippen molar-refractivity contribution >= 4 is 37.6 Å². The number of benzene rings is 2. The van der Waals surface area contributed by atoms with Gasteiger partial charge in [-0.05, 0) is 53.2 Å². The van der Waals surface area contributed by atoms with Crippen LogP contribution < -0.4 is 13.8 Å². The van der Waals surface area contributed by atoms with Gasteiger partial charge in [-0.15, -0.1) is 0 Å². The van der Waals surface area contributed by atoms with Crippen LogP contribution in [0.3, 0.4) is 0 Å². The van der Waals surface area contributed by atoms with Crippen LogP contribution in [0.2, 0.25) is 0 Å². The minimum Gasteiger partial charge on any atom is -0.496 e. The summed E-state index contributed by atoms with van der Waals surface area (Å²) in [6, 6.07) is 10.5. The smallest absolute Gasteiger partial charge is 0.324 e. The summed E-state index contributed by atoms with van der Waals surface area (Å²) in [5, 5.41) is 9.20. The SMILES string of the molecule is CCOc1cccc(N(CC(=O)O)S(=O)(=O)c2ccc(OC)c(Br)c2)c1. The molecule has 2 aromatic rings. The van der Waals surface area contributed by atoms with Gasteiger partial charge in [-0.25, -0.2) is 8.42 Å². The molecule has 2 rings (SSSR count). The third-order valence-electron chi connectivity index (χ3n) is 3.41. The first kappa shape index (κ1) is 20.1. The Morgan fingerprint density at radius 2 is 1.96 bits per heavy atom. The number of sulfonamides is 1. The van der Waals surface area contributed by atoms with Crippen molar-refractivity contribution in [1.29, 1.82) is 0 Å². The molecule has 9 heteroatoms. The van der Waals surface area contributed by atoms with E-state index in [0.29, 0.717) is 22.6 Å². The normalized spacial score (nSPS) is 11.0. The lowest BCUT2D eigenvalue weighted by Gasteiger charge is -2.23. The van der Waals surface area contributed by atoms with Crippen molar-refractivity contribution in [3.05, 3.63) is 46.9 Å². The van der Waals surface area contributed by atoms with E-state index in [1.165, 1.54) is 37.4 Å². The van der Waals surface area contributed by atoms with Crippen molar-refractivity contribution in [3.63, 3.8) is 0 Å². The Morgan fingerprint density at radius 1 is 1.23 bits per heavy atom. The van der Waals surface area contributed by atoms with E-state index >= 15 is 0 Å². The number of aliphatic carboxylic acids is 1. The molecule has 0 atom stereocenters. The van der Waals surface area contributed by atoms with E-state index in [1.807, 2.05) is 0 Å². The van der Waals surface area contributed by atoms with Gasteiger partial charge in [0.1, 0.15) is 18.0 Å². The topological polar surface area (TPSA) is 93.1 Å². The molecule has 0 heterocycles. The molecule has 0 saturated heterocycles. The maximum Gasteiger partial charge on any atom is 0.324 e. The summed E-state index contributed by atoms with van der Waals surface area (Å²) in [5.41, 5.74) is 0.199. The summed E-state index contributed by atoms with van der Waals surface area (Å²) in [5.74, 6) is -0.360. The van der Waals surface area contributed by atoms with E-state index in [4.69, 9.17) is 9.47 Å². The summed E-state index contributed by atoms with van der Waals surface area (Å²) in [6.07, 6.45) is 0. The lowest BCUT2D eigenvalue weighted by atomic mass is 10.3. The molecule has 0 unspecified atom stereocenters. The zero-order valence-electron chi connectivity index (χ0n) is 14.2. The van der Waals surface area contributed by atoms with Crippen LogP contribution in [0.4, 0.5) is 5.69 Å². The molecule has 0 aliphatic carbocycles. The van der Waals surface area contributed by atoms with E-state index in [9.17, 15) is 18.3 Å². The molecule has 0 amide bonds. The van der Waals surface area contributed by atoms with Gasteiger partial charge in [-0.2, -0.15) is 0 Å². The fraction of sp³-hybridized carbons (Fsp3) is 0.235. The monoisotopic (exact) mass is 443 g/mol. The summed E-state index contributed by atoms with van der Waals surface area (Å²) in [7, 11) is -2.65. The number of ether oxygens (including phenoxy) is 2. The van der Waals surface area contributed by atoms with Gasteiger partial charge in [0, 0.05) is 6.07 Å². The number of rotatable bonds is 8. The summed E-state index contributed by atoms with van der Waals surface area (Å²) >= 11 is 3.24. The number of hydrogen-bond acceptors (Lipinski definition) is 5. The molecule has 0 radical (unpaired) electrons. The van der Waals surface area contributed by atoms with Gasteiger partial charge in [0.15, 0.2) is 0 Å². The van der Waals surface area contributed by atoms with E-state index in [-0.39, 0.29) is 10.6 Å². The quantitative estimate of drug-likeness (QED) is 0.673. The van der Waals surface area contributed by atoms with Crippen molar-refractivity contribution < 1.29 is 27.8 Å². The standard InChI is InChI=1S/C17H18BrNO6S/c1-3-25-13-6-4-5-12(9-13)19(11-17(20)21)26(22,23)14-7-8-16(24-2)15(18)10-14/h4-10H,3,11H2,1-2H3,(H,20,21). The van der Waals surface area contributed by atoms with Crippen LogP contribution in [-0.4, -0.2) is 39.8 Å². The third kappa shape index (κ3) is 4.47. The largest absolute Gasteiger partial charge is 0.496 e.